The standard InChI is InChI=1S/C22H18O/c1-23-19-10-6-7-16(13-19)14-22-20-11-4-2-8-17(20)15-18-9-3-5-12-21(18)22/h2-14H,15H2,1H3. The molecule has 23 heavy (non-hydrogen) atoms. The predicted octanol–water partition coefficient (Wildman–Crippen LogP) is 5.19. The van der Waals surface area contributed by atoms with Gasteiger partial charge in [-0.05, 0) is 58.0 Å². The molecule has 0 amide bonds. The van der Waals surface area contributed by atoms with Crippen molar-refractivity contribution in [1.82, 2.24) is 0 Å². The summed E-state index contributed by atoms with van der Waals surface area (Å²) >= 11 is 0. The van der Waals surface area contributed by atoms with Gasteiger partial charge >= 0.3 is 0 Å². The second-order valence-electron chi connectivity index (χ2n) is 5.83. The monoisotopic (exact) mass is 298 g/mol. The Balaban J connectivity index is 1.91. The third kappa shape index (κ3) is 2.55. The Morgan fingerprint density at radius 2 is 1.43 bits per heavy atom. The molecule has 0 saturated heterocycles. The maximum Gasteiger partial charge on any atom is 0.119 e. The minimum atomic E-state index is 0.886. The van der Waals surface area contributed by atoms with Crippen molar-refractivity contribution in [2.24, 2.45) is 0 Å². The molecule has 0 N–H and O–H groups in total. The maximum absolute atomic E-state index is 5.35. The molecule has 0 radical (unpaired) electrons. The van der Waals surface area contributed by atoms with Gasteiger partial charge in [0, 0.05) is 0 Å². The molecule has 0 saturated carbocycles. The summed E-state index contributed by atoms with van der Waals surface area (Å²) in [5, 5.41) is 0. The van der Waals surface area contributed by atoms with E-state index in [2.05, 4.69) is 66.7 Å². The molecule has 0 aliphatic heterocycles. The SMILES string of the molecule is COc1cccc(C=C2c3ccccc3Cc3ccccc32)c1. The van der Waals surface area contributed by atoms with Gasteiger partial charge in [-0.3, -0.25) is 0 Å². The molecule has 112 valence electrons. The zero-order chi connectivity index (χ0) is 15.6. The van der Waals surface area contributed by atoms with Gasteiger partial charge in [-0.2, -0.15) is 0 Å². The van der Waals surface area contributed by atoms with E-state index in [1.54, 1.807) is 7.11 Å². The van der Waals surface area contributed by atoms with Crippen LogP contribution in [0.1, 0.15) is 27.8 Å². The van der Waals surface area contributed by atoms with Gasteiger partial charge in [-0.1, -0.05) is 60.7 Å². The van der Waals surface area contributed by atoms with Crippen LogP contribution in [0.3, 0.4) is 0 Å². The third-order valence-electron chi connectivity index (χ3n) is 4.40. The molecule has 3 aromatic rings. The van der Waals surface area contributed by atoms with Crippen molar-refractivity contribution in [3.8, 4) is 5.75 Å². The Morgan fingerprint density at radius 1 is 0.783 bits per heavy atom. The first-order valence-corrected chi connectivity index (χ1v) is 7.87. The lowest BCUT2D eigenvalue weighted by atomic mass is 9.81. The van der Waals surface area contributed by atoms with E-state index in [1.807, 2.05) is 12.1 Å². The summed E-state index contributed by atoms with van der Waals surface area (Å²) in [4.78, 5) is 0. The molecule has 0 spiro atoms. The van der Waals surface area contributed by atoms with Crippen LogP contribution in [0.25, 0.3) is 11.6 Å². The summed E-state index contributed by atoms with van der Waals surface area (Å²) < 4.78 is 5.35. The van der Waals surface area contributed by atoms with E-state index in [0.717, 1.165) is 17.7 Å². The van der Waals surface area contributed by atoms with Crippen molar-refractivity contribution in [2.45, 2.75) is 6.42 Å². The van der Waals surface area contributed by atoms with Gasteiger partial charge in [0.25, 0.3) is 0 Å². The number of methoxy groups -OCH3 is 1. The fourth-order valence-corrected chi connectivity index (χ4v) is 3.28. The van der Waals surface area contributed by atoms with Gasteiger partial charge in [-0.15, -0.1) is 0 Å². The average Bonchev–Trinajstić information content (AvgIpc) is 2.61. The first-order chi connectivity index (χ1) is 11.3. The van der Waals surface area contributed by atoms with Crippen molar-refractivity contribution < 1.29 is 4.74 Å². The van der Waals surface area contributed by atoms with Crippen molar-refractivity contribution >= 4 is 11.6 Å². The molecule has 0 bridgehead atoms. The summed E-state index contributed by atoms with van der Waals surface area (Å²) in [6, 6.07) is 25.6. The second kappa shape index (κ2) is 5.77. The number of hydrogen-bond acceptors (Lipinski definition) is 1. The minimum absolute atomic E-state index is 0.886. The number of benzene rings is 3. The van der Waals surface area contributed by atoms with E-state index in [-0.39, 0.29) is 0 Å². The van der Waals surface area contributed by atoms with E-state index >= 15 is 0 Å². The van der Waals surface area contributed by atoms with Crippen LogP contribution in [0.4, 0.5) is 0 Å². The second-order valence-corrected chi connectivity index (χ2v) is 5.83. The topological polar surface area (TPSA) is 9.23 Å². The van der Waals surface area contributed by atoms with Crippen LogP contribution in [-0.2, 0) is 6.42 Å². The maximum atomic E-state index is 5.35. The van der Waals surface area contributed by atoms with E-state index in [9.17, 15) is 0 Å². The van der Waals surface area contributed by atoms with Gasteiger partial charge < -0.3 is 4.74 Å². The number of hydrogen-bond donors (Lipinski definition) is 0. The fraction of sp³-hybridized carbons (Fsp3) is 0.0909. The van der Waals surface area contributed by atoms with Crippen molar-refractivity contribution in [3.63, 3.8) is 0 Å². The molecule has 1 heteroatoms. The van der Waals surface area contributed by atoms with Gasteiger partial charge in [0.1, 0.15) is 5.75 Å². The molecule has 1 nitrogen and oxygen atoms in total. The highest BCUT2D eigenvalue weighted by Crippen LogP contribution is 2.37. The first kappa shape index (κ1) is 13.8. The molecule has 0 atom stereocenters. The number of ether oxygens (including phenoxy) is 1. The predicted molar refractivity (Wildman–Crippen MR) is 95.7 cm³/mol. The first-order valence-electron chi connectivity index (χ1n) is 7.87. The smallest absolute Gasteiger partial charge is 0.119 e. The number of fused-ring (bicyclic) bond motifs is 2. The summed E-state index contributed by atoms with van der Waals surface area (Å²) in [5.74, 6) is 0.886. The Kier molecular flexibility index (Phi) is 3.47. The lowest BCUT2D eigenvalue weighted by Crippen LogP contribution is -2.06. The van der Waals surface area contributed by atoms with E-state index in [4.69, 9.17) is 4.74 Å². The van der Waals surface area contributed by atoms with Crippen LogP contribution >= 0.6 is 0 Å². The lowest BCUT2D eigenvalue weighted by molar-refractivity contribution is 0.414. The Bertz CT molecular complexity index is 842. The zero-order valence-corrected chi connectivity index (χ0v) is 13.1. The van der Waals surface area contributed by atoms with Gasteiger partial charge in [0.2, 0.25) is 0 Å². The zero-order valence-electron chi connectivity index (χ0n) is 13.1. The van der Waals surface area contributed by atoms with Crippen molar-refractivity contribution in [2.75, 3.05) is 7.11 Å². The largest absolute Gasteiger partial charge is 0.497 e. The van der Waals surface area contributed by atoms with Crippen LogP contribution in [0.2, 0.25) is 0 Å². The van der Waals surface area contributed by atoms with Crippen molar-refractivity contribution in [3.05, 3.63) is 101 Å². The van der Waals surface area contributed by atoms with Crippen LogP contribution in [0, 0.1) is 0 Å². The van der Waals surface area contributed by atoms with E-state index < -0.39 is 0 Å². The quantitative estimate of drug-likeness (QED) is 0.495. The highest BCUT2D eigenvalue weighted by atomic mass is 16.5. The fourth-order valence-electron chi connectivity index (χ4n) is 3.28. The van der Waals surface area contributed by atoms with E-state index in [1.165, 1.54) is 27.8 Å². The lowest BCUT2D eigenvalue weighted by Gasteiger charge is -2.22. The molecular weight excluding hydrogens is 280 g/mol. The molecule has 4 rings (SSSR count). The summed E-state index contributed by atoms with van der Waals surface area (Å²) in [6.45, 7) is 0. The Morgan fingerprint density at radius 3 is 2.09 bits per heavy atom. The molecule has 1 aliphatic rings. The Labute approximate surface area is 136 Å². The van der Waals surface area contributed by atoms with Crippen molar-refractivity contribution in [1.29, 1.82) is 0 Å². The summed E-state index contributed by atoms with van der Waals surface area (Å²) in [7, 11) is 1.71. The number of rotatable bonds is 2. The molecule has 0 fully saturated rings. The van der Waals surface area contributed by atoms with E-state index in [0.29, 0.717) is 0 Å². The highest BCUT2D eigenvalue weighted by Gasteiger charge is 2.19. The average molecular weight is 298 g/mol. The summed E-state index contributed by atoms with van der Waals surface area (Å²) in [6.07, 6.45) is 3.27. The normalized spacial score (nSPS) is 12.3. The molecule has 0 aromatic heterocycles. The molecule has 1 aliphatic carbocycles. The molecular formula is C22H18O. The summed E-state index contributed by atoms with van der Waals surface area (Å²) in [5.41, 5.74) is 7.88. The van der Waals surface area contributed by atoms with Gasteiger partial charge in [0.05, 0.1) is 7.11 Å². The molecule has 0 unspecified atom stereocenters. The van der Waals surface area contributed by atoms with Crippen LogP contribution in [0.15, 0.2) is 72.8 Å². The highest BCUT2D eigenvalue weighted by molar-refractivity contribution is 5.95. The van der Waals surface area contributed by atoms with Gasteiger partial charge in [-0.25, -0.2) is 0 Å². The molecule has 3 aromatic carbocycles. The Hall–Kier alpha value is -2.80. The van der Waals surface area contributed by atoms with Gasteiger partial charge in [0.15, 0.2) is 0 Å². The third-order valence-corrected chi connectivity index (χ3v) is 4.40. The van der Waals surface area contributed by atoms with Crippen LogP contribution in [0.5, 0.6) is 5.75 Å². The minimum Gasteiger partial charge on any atom is -0.497 e. The van der Waals surface area contributed by atoms with Crippen LogP contribution < -0.4 is 4.74 Å². The molecule has 0 heterocycles. The van der Waals surface area contributed by atoms with Crippen LogP contribution in [-0.4, -0.2) is 7.11 Å².